The van der Waals surface area contributed by atoms with E-state index in [1.807, 2.05) is 19.1 Å². The fourth-order valence-electron chi connectivity index (χ4n) is 2.36. The van der Waals surface area contributed by atoms with Crippen molar-refractivity contribution in [3.63, 3.8) is 0 Å². The fraction of sp³-hybridized carbons (Fsp3) is 0.188. The van der Waals surface area contributed by atoms with Crippen LogP contribution in [-0.2, 0) is 6.42 Å². The number of hydrogen-bond acceptors (Lipinski definition) is 6. The summed E-state index contributed by atoms with van der Waals surface area (Å²) in [6, 6.07) is 8.11. The number of primary amides is 1. The number of hydrogen-bond donors (Lipinski definition) is 2. The lowest BCUT2D eigenvalue weighted by Gasteiger charge is -2.04. The minimum Gasteiger partial charge on any atom is -0.397 e. The third-order valence-electron chi connectivity index (χ3n) is 3.55. The topological polar surface area (TPSA) is 104 Å². The number of thiophene rings is 1. The first-order chi connectivity index (χ1) is 11.0. The van der Waals surface area contributed by atoms with Crippen molar-refractivity contribution in [1.29, 1.82) is 0 Å². The van der Waals surface area contributed by atoms with E-state index in [2.05, 4.69) is 29.0 Å². The number of rotatable bonds is 3. The van der Waals surface area contributed by atoms with Crippen molar-refractivity contribution in [3.05, 3.63) is 35.5 Å². The normalized spacial score (nSPS) is 10.9. The van der Waals surface area contributed by atoms with Gasteiger partial charge >= 0.3 is 6.09 Å². The van der Waals surface area contributed by atoms with Crippen molar-refractivity contribution in [2.75, 3.05) is 5.73 Å². The van der Waals surface area contributed by atoms with Gasteiger partial charge in [-0.1, -0.05) is 42.5 Å². The monoisotopic (exact) mass is 328 g/mol. The number of fused-ring (bicyclic) bond motifs is 1. The molecular weight excluding hydrogens is 312 g/mol. The molecule has 1 aromatic carbocycles. The largest absolute Gasteiger partial charge is 0.410 e. The molecule has 3 rings (SSSR count). The van der Waals surface area contributed by atoms with E-state index in [4.69, 9.17) is 16.2 Å². The van der Waals surface area contributed by atoms with Gasteiger partial charge in [0.15, 0.2) is 5.82 Å². The van der Waals surface area contributed by atoms with E-state index in [1.54, 1.807) is 0 Å². The first-order valence-electron chi connectivity index (χ1n) is 7.12. The number of anilines is 1. The van der Waals surface area contributed by atoms with Gasteiger partial charge in [-0.3, -0.25) is 0 Å². The molecule has 0 bridgehead atoms. The molecule has 2 heterocycles. The van der Waals surface area contributed by atoms with Crippen LogP contribution < -0.4 is 16.2 Å². The number of aryl methyl sites for hydroxylation is 2. The summed E-state index contributed by atoms with van der Waals surface area (Å²) in [5.41, 5.74) is 14.3. The molecule has 118 valence electrons. The Balaban J connectivity index is 2.11. The van der Waals surface area contributed by atoms with Gasteiger partial charge in [0.05, 0.1) is 16.8 Å². The Bertz CT molecular complexity index is 887. The number of carbonyl (C=O) groups excluding carboxylic acids is 1. The zero-order valence-electron chi connectivity index (χ0n) is 12.8. The molecule has 23 heavy (non-hydrogen) atoms. The minimum atomic E-state index is -0.899. The molecule has 6 nitrogen and oxygen atoms in total. The van der Waals surface area contributed by atoms with E-state index in [0.29, 0.717) is 21.7 Å². The highest BCUT2D eigenvalue weighted by Gasteiger charge is 2.18. The summed E-state index contributed by atoms with van der Waals surface area (Å²) in [7, 11) is 0. The molecular formula is C16H16N4O2S. The molecule has 0 fully saturated rings. The van der Waals surface area contributed by atoms with Gasteiger partial charge in [-0.25, -0.2) is 14.8 Å². The van der Waals surface area contributed by atoms with E-state index >= 15 is 0 Å². The highest BCUT2D eigenvalue weighted by atomic mass is 32.1. The summed E-state index contributed by atoms with van der Waals surface area (Å²) in [5.74, 6) is 0.615. The highest BCUT2D eigenvalue weighted by Crippen LogP contribution is 2.41. The smallest absolute Gasteiger partial charge is 0.397 e. The van der Waals surface area contributed by atoms with Gasteiger partial charge in [-0.2, -0.15) is 0 Å². The highest BCUT2D eigenvalue weighted by molar-refractivity contribution is 7.21. The molecule has 0 unspecified atom stereocenters. The molecule has 0 radical (unpaired) electrons. The average molecular weight is 328 g/mol. The number of nitrogen functional groups attached to an aromatic ring is 1. The van der Waals surface area contributed by atoms with Crippen molar-refractivity contribution in [2.24, 2.45) is 5.73 Å². The Morgan fingerprint density at radius 3 is 2.57 bits per heavy atom. The van der Waals surface area contributed by atoms with Gasteiger partial charge in [0.1, 0.15) is 4.83 Å². The fourth-order valence-corrected chi connectivity index (χ4v) is 3.36. The molecule has 0 spiro atoms. The maximum absolute atomic E-state index is 10.9. The number of aromatic nitrogens is 2. The van der Waals surface area contributed by atoms with E-state index in [9.17, 15) is 4.79 Å². The van der Waals surface area contributed by atoms with E-state index in [-0.39, 0.29) is 5.06 Å². The Morgan fingerprint density at radius 1 is 1.26 bits per heavy atom. The van der Waals surface area contributed by atoms with Crippen molar-refractivity contribution >= 4 is 33.3 Å². The second-order valence-corrected chi connectivity index (χ2v) is 6.05. The number of carbonyl (C=O) groups is 1. The molecule has 0 atom stereocenters. The summed E-state index contributed by atoms with van der Waals surface area (Å²) in [6.45, 7) is 3.96. The molecule has 4 N–H and O–H groups in total. The van der Waals surface area contributed by atoms with E-state index < -0.39 is 6.09 Å². The van der Waals surface area contributed by atoms with Crippen LogP contribution in [0.2, 0.25) is 0 Å². The standard InChI is InChI=1S/C16H16N4O2S/c1-3-9-4-6-10(7-5-9)13-19-8(2)11-12(17)15(22-16(18)21)23-14(11)20-13/h4-7H,3,17H2,1-2H3,(H2,18,21). The van der Waals surface area contributed by atoms with Crippen LogP contribution in [0.1, 0.15) is 18.2 Å². The van der Waals surface area contributed by atoms with Gasteiger partial charge in [0.25, 0.3) is 0 Å². The van der Waals surface area contributed by atoms with Crippen molar-refractivity contribution in [1.82, 2.24) is 9.97 Å². The Labute approximate surface area is 137 Å². The minimum absolute atomic E-state index is 0.253. The third kappa shape index (κ3) is 2.83. The Hall–Kier alpha value is -2.67. The lowest BCUT2D eigenvalue weighted by molar-refractivity contribution is 0.212. The SMILES string of the molecule is CCc1ccc(-c2nc(C)c3c(N)c(OC(N)=O)sc3n2)cc1. The maximum atomic E-state index is 10.9. The first kappa shape index (κ1) is 15.2. The number of ether oxygens (including phenoxy) is 1. The van der Waals surface area contributed by atoms with E-state index in [1.165, 1.54) is 16.9 Å². The lowest BCUT2D eigenvalue weighted by atomic mass is 10.1. The molecule has 7 heteroatoms. The van der Waals surface area contributed by atoms with Crippen molar-refractivity contribution < 1.29 is 9.53 Å². The molecule has 0 saturated heterocycles. The maximum Gasteiger partial charge on any atom is 0.410 e. The van der Waals surface area contributed by atoms with Crippen LogP contribution in [0, 0.1) is 6.92 Å². The summed E-state index contributed by atoms with van der Waals surface area (Å²) < 4.78 is 4.93. The van der Waals surface area contributed by atoms with Gasteiger partial charge in [-0.05, 0) is 18.9 Å². The second kappa shape index (κ2) is 5.85. The van der Waals surface area contributed by atoms with Crippen molar-refractivity contribution in [3.8, 4) is 16.5 Å². The first-order valence-corrected chi connectivity index (χ1v) is 7.94. The van der Waals surface area contributed by atoms with Crippen LogP contribution in [0.5, 0.6) is 5.06 Å². The number of nitrogens with two attached hydrogens (primary N) is 2. The van der Waals surface area contributed by atoms with Gasteiger partial charge < -0.3 is 16.2 Å². The molecule has 0 saturated carbocycles. The number of benzene rings is 1. The zero-order chi connectivity index (χ0) is 16.6. The van der Waals surface area contributed by atoms with Gasteiger partial charge in [0.2, 0.25) is 5.06 Å². The predicted molar refractivity (Wildman–Crippen MR) is 91.6 cm³/mol. The molecule has 1 amide bonds. The molecule has 0 aliphatic heterocycles. The van der Waals surface area contributed by atoms with Gasteiger partial charge in [0, 0.05) is 5.56 Å². The molecule has 3 aromatic rings. The van der Waals surface area contributed by atoms with Crippen LogP contribution in [0.3, 0.4) is 0 Å². The molecule has 0 aliphatic carbocycles. The van der Waals surface area contributed by atoms with E-state index in [0.717, 1.165) is 17.7 Å². The summed E-state index contributed by atoms with van der Waals surface area (Å²) in [5, 5.41) is 0.948. The number of amides is 1. The summed E-state index contributed by atoms with van der Waals surface area (Å²) in [4.78, 5) is 20.7. The van der Waals surface area contributed by atoms with Crippen LogP contribution in [0.25, 0.3) is 21.6 Å². The summed E-state index contributed by atoms with van der Waals surface area (Å²) >= 11 is 1.18. The second-order valence-electron chi connectivity index (χ2n) is 5.09. The number of nitrogens with zero attached hydrogens (tertiary/aromatic N) is 2. The molecule has 2 aromatic heterocycles. The Kier molecular flexibility index (Phi) is 3.87. The quantitative estimate of drug-likeness (QED) is 0.768. The summed E-state index contributed by atoms with van der Waals surface area (Å²) in [6.07, 6.45) is 0.0818. The molecule has 0 aliphatic rings. The predicted octanol–water partition coefficient (Wildman–Crippen LogP) is 3.27. The van der Waals surface area contributed by atoms with Crippen molar-refractivity contribution in [2.45, 2.75) is 20.3 Å². The third-order valence-corrected chi connectivity index (χ3v) is 4.53. The zero-order valence-corrected chi connectivity index (χ0v) is 13.6. The van der Waals surface area contributed by atoms with Crippen LogP contribution in [-0.4, -0.2) is 16.1 Å². The Morgan fingerprint density at radius 2 is 1.96 bits per heavy atom. The van der Waals surface area contributed by atoms with Crippen LogP contribution in [0.15, 0.2) is 24.3 Å². The van der Waals surface area contributed by atoms with Crippen LogP contribution >= 0.6 is 11.3 Å². The van der Waals surface area contributed by atoms with Crippen LogP contribution in [0.4, 0.5) is 10.5 Å². The lowest BCUT2D eigenvalue weighted by Crippen LogP contribution is -2.16. The van der Waals surface area contributed by atoms with Gasteiger partial charge in [-0.15, -0.1) is 0 Å². The average Bonchev–Trinajstić information content (AvgIpc) is 2.83.